The van der Waals surface area contributed by atoms with Crippen LogP contribution < -0.4 is 5.32 Å². The number of carbonyl (C=O) groups excluding carboxylic acids is 1. The van der Waals surface area contributed by atoms with Gasteiger partial charge in [-0.1, -0.05) is 24.3 Å². The monoisotopic (exact) mass is 437 g/mol. The number of ether oxygens (including phenoxy) is 1. The average Bonchev–Trinajstić information content (AvgIpc) is 3.62. The highest BCUT2D eigenvalue weighted by Crippen LogP contribution is 2.37. The van der Waals surface area contributed by atoms with E-state index in [1.165, 1.54) is 43.7 Å². The van der Waals surface area contributed by atoms with Gasteiger partial charge in [0.05, 0.1) is 0 Å². The minimum atomic E-state index is -3.10. The normalized spacial score (nSPS) is 14.4. The zero-order valence-electron chi connectivity index (χ0n) is 17.8. The summed E-state index contributed by atoms with van der Waals surface area (Å²) in [6.45, 7) is 3.37. The number of hydrogen-bond acceptors (Lipinski definition) is 4. The van der Waals surface area contributed by atoms with Crippen molar-refractivity contribution in [1.82, 2.24) is 4.98 Å². The van der Waals surface area contributed by atoms with Crippen LogP contribution >= 0.6 is 0 Å². The van der Waals surface area contributed by atoms with Crippen LogP contribution in [-0.2, 0) is 15.5 Å². The predicted molar refractivity (Wildman–Crippen MR) is 123 cm³/mol. The molecule has 0 radical (unpaired) electrons. The summed E-state index contributed by atoms with van der Waals surface area (Å²) in [6.07, 6.45) is 11.6. The maximum Gasteiger partial charge on any atom is 0.296 e. The molecule has 1 saturated carbocycles. The third-order valence-corrected chi connectivity index (χ3v) is 5.08. The van der Waals surface area contributed by atoms with Crippen molar-refractivity contribution in [3.8, 4) is 0 Å². The van der Waals surface area contributed by atoms with Gasteiger partial charge in [-0.15, -0.1) is 0 Å². The number of nitrogens with zero attached hydrogens (tertiary/aromatic N) is 1. The predicted octanol–water partition coefficient (Wildman–Crippen LogP) is 5.47. The second-order valence-corrected chi connectivity index (χ2v) is 7.59. The largest absolute Gasteiger partial charge is 0.378 e. The maximum atomic E-state index is 13.9. The number of allylic oxidation sites excluding steroid dienone is 3. The molecule has 1 heterocycles. The molecule has 0 aliphatic heterocycles. The number of aromatic nitrogens is 1. The van der Waals surface area contributed by atoms with Gasteiger partial charge in [-0.3, -0.25) is 9.78 Å². The smallest absolute Gasteiger partial charge is 0.296 e. The summed E-state index contributed by atoms with van der Waals surface area (Å²) >= 11 is 0. The molecule has 0 spiro atoms. The third-order valence-electron chi connectivity index (χ3n) is 5.08. The lowest BCUT2D eigenvalue weighted by Gasteiger charge is -2.15. The minimum Gasteiger partial charge on any atom is -0.378 e. The standard InChI is InChI=1S/C25H25F2N3O2/c1-17(18-3-4-18)13-20(14-28)23-11-12-29-15-19(23)5-10-24(31)30-22-8-6-21(7-9-22)25(26,27)16-32-2/h5-15,18,28H,1,3-4,16H2,2H3,(H,30,31)/b10-5+,20-13+,28-14?. The first-order valence-electron chi connectivity index (χ1n) is 10.2. The summed E-state index contributed by atoms with van der Waals surface area (Å²) < 4.78 is 32.3. The van der Waals surface area contributed by atoms with E-state index in [0.717, 1.165) is 24.0 Å². The highest BCUT2D eigenvalue weighted by molar-refractivity contribution is 6.11. The average molecular weight is 437 g/mol. The molecule has 2 N–H and O–H groups in total. The summed E-state index contributed by atoms with van der Waals surface area (Å²) in [5.41, 5.74) is 3.33. The Bertz CT molecular complexity index is 1060. The van der Waals surface area contributed by atoms with Gasteiger partial charge >= 0.3 is 0 Å². The molecule has 5 nitrogen and oxygen atoms in total. The lowest BCUT2D eigenvalue weighted by Crippen LogP contribution is -2.20. The van der Waals surface area contributed by atoms with Crippen LogP contribution in [-0.4, -0.2) is 30.8 Å². The Hall–Kier alpha value is -3.45. The van der Waals surface area contributed by atoms with Crippen LogP contribution in [0, 0.1) is 11.3 Å². The molecule has 1 aliphatic carbocycles. The summed E-state index contributed by atoms with van der Waals surface area (Å²) in [5.74, 6) is -3.03. The van der Waals surface area contributed by atoms with E-state index in [-0.39, 0.29) is 5.56 Å². The fourth-order valence-electron chi connectivity index (χ4n) is 3.18. The van der Waals surface area contributed by atoms with Gasteiger partial charge in [0.1, 0.15) is 6.61 Å². The highest BCUT2D eigenvalue weighted by atomic mass is 19.3. The Labute approximate surface area is 186 Å². The van der Waals surface area contributed by atoms with E-state index in [2.05, 4.69) is 21.6 Å². The first-order chi connectivity index (χ1) is 15.3. The van der Waals surface area contributed by atoms with E-state index < -0.39 is 18.4 Å². The summed E-state index contributed by atoms with van der Waals surface area (Å²) in [4.78, 5) is 16.4. The van der Waals surface area contributed by atoms with E-state index in [1.807, 2.05) is 6.08 Å². The molecular formula is C25H25F2N3O2. The quantitative estimate of drug-likeness (QED) is 0.294. The Balaban J connectivity index is 1.71. The van der Waals surface area contributed by atoms with Crippen molar-refractivity contribution in [2.75, 3.05) is 19.0 Å². The fraction of sp³-hybridized carbons (Fsp3) is 0.240. The number of methoxy groups -OCH3 is 1. The third kappa shape index (κ3) is 6.04. The van der Waals surface area contributed by atoms with Gasteiger partial charge in [0, 0.05) is 54.2 Å². The molecule has 3 rings (SSSR count). The first-order valence-corrected chi connectivity index (χ1v) is 10.2. The van der Waals surface area contributed by atoms with Gasteiger partial charge in [0.25, 0.3) is 5.92 Å². The van der Waals surface area contributed by atoms with E-state index >= 15 is 0 Å². The van der Waals surface area contributed by atoms with Gasteiger partial charge in [-0.05, 0) is 54.7 Å². The van der Waals surface area contributed by atoms with Crippen LogP contribution in [0.25, 0.3) is 11.6 Å². The SMILES string of the molecule is C=C(/C=C(\C=N)c1ccncc1/C=C/C(=O)Nc1ccc(C(F)(F)COC)cc1)C1CC1. The van der Waals surface area contributed by atoms with Gasteiger partial charge in [0.2, 0.25) is 5.91 Å². The lowest BCUT2D eigenvalue weighted by atomic mass is 9.99. The highest BCUT2D eigenvalue weighted by Gasteiger charge is 2.31. The Morgan fingerprint density at radius 1 is 1.31 bits per heavy atom. The van der Waals surface area contributed by atoms with Gasteiger partial charge < -0.3 is 15.5 Å². The van der Waals surface area contributed by atoms with Crippen molar-refractivity contribution in [3.63, 3.8) is 0 Å². The van der Waals surface area contributed by atoms with Gasteiger partial charge in [-0.25, -0.2) is 0 Å². The molecule has 0 saturated heterocycles. The van der Waals surface area contributed by atoms with Crippen LogP contribution in [0.3, 0.4) is 0 Å². The van der Waals surface area contributed by atoms with Crippen LogP contribution in [0.15, 0.2) is 67.0 Å². The van der Waals surface area contributed by atoms with Crippen molar-refractivity contribution >= 4 is 29.5 Å². The minimum absolute atomic E-state index is 0.188. The van der Waals surface area contributed by atoms with Gasteiger partial charge in [0.15, 0.2) is 0 Å². The topological polar surface area (TPSA) is 75.1 Å². The lowest BCUT2D eigenvalue weighted by molar-refractivity contribution is -0.111. The number of anilines is 1. The molecule has 1 aromatic carbocycles. The van der Waals surface area contributed by atoms with Crippen LogP contribution in [0.5, 0.6) is 0 Å². The molecule has 32 heavy (non-hydrogen) atoms. The van der Waals surface area contributed by atoms with Crippen molar-refractivity contribution < 1.29 is 18.3 Å². The number of pyridine rings is 1. The number of carbonyl (C=O) groups is 1. The van der Waals surface area contributed by atoms with E-state index in [4.69, 9.17) is 5.41 Å². The van der Waals surface area contributed by atoms with E-state index in [9.17, 15) is 13.6 Å². The summed E-state index contributed by atoms with van der Waals surface area (Å²) in [7, 11) is 1.22. The number of amides is 1. The van der Waals surface area contributed by atoms with Crippen LogP contribution in [0.2, 0.25) is 0 Å². The zero-order chi connectivity index (χ0) is 23.1. The number of rotatable bonds is 10. The molecular weight excluding hydrogens is 412 g/mol. The van der Waals surface area contributed by atoms with Crippen molar-refractivity contribution in [1.29, 1.82) is 5.41 Å². The van der Waals surface area contributed by atoms with E-state index in [0.29, 0.717) is 22.7 Å². The Morgan fingerprint density at radius 3 is 2.66 bits per heavy atom. The second kappa shape index (κ2) is 10.2. The molecule has 1 aromatic heterocycles. The second-order valence-electron chi connectivity index (χ2n) is 7.59. The molecule has 1 fully saturated rings. The Morgan fingerprint density at radius 2 is 2.03 bits per heavy atom. The molecule has 0 atom stereocenters. The Kier molecular flexibility index (Phi) is 7.43. The molecule has 7 heteroatoms. The van der Waals surface area contributed by atoms with Crippen molar-refractivity contribution in [2.45, 2.75) is 18.8 Å². The molecule has 166 valence electrons. The van der Waals surface area contributed by atoms with Crippen molar-refractivity contribution in [3.05, 3.63) is 83.7 Å². The van der Waals surface area contributed by atoms with Gasteiger partial charge in [-0.2, -0.15) is 8.78 Å². The zero-order valence-corrected chi connectivity index (χ0v) is 17.8. The number of benzene rings is 1. The fourth-order valence-corrected chi connectivity index (χ4v) is 3.18. The number of alkyl halides is 2. The molecule has 1 aliphatic rings. The number of hydrogen-bond donors (Lipinski definition) is 2. The molecule has 0 bridgehead atoms. The maximum absolute atomic E-state index is 13.9. The number of halogens is 2. The van der Waals surface area contributed by atoms with Crippen LogP contribution in [0.4, 0.5) is 14.5 Å². The number of nitrogens with one attached hydrogen (secondary N) is 2. The molecule has 2 aromatic rings. The van der Waals surface area contributed by atoms with Crippen LogP contribution in [0.1, 0.15) is 29.5 Å². The summed E-state index contributed by atoms with van der Waals surface area (Å²) in [5, 5.41) is 10.4. The molecule has 0 unspecified atom stereocenters. The van der Waals surface area contributed by atoms with E-state index in [1.54, 1.807) is 24.5 Å². The summed E-state index contributed by atoms with van der Waals surface area (Å²) in [6, 6.07) is 7.13. The molecule has 1 amide bonds. The first kappa shape index (κ1) is 23.2. The van der Waals surface area contributed by atoms with Crippen molar-refractivity contribution in [2.24, 2.45) is 5.92 Å².